The van der Waals surface area contributed by atoms with Crippen LogP contribution in [-0.4, -0.2) is 27.2 Å². The molecule has 0 heterocycles. The molecule has 0 atom stereocenters. The third-order valence-electron chi connectivity index (χ3n) is 4.10. The summed E-state index contributed by atoms with van der Waals surface area (Å²) in [5.41, 5.74) is 2.31. The van der Waals surface area contributed by atoms with Gasteiger partial charge in [-0.1, -0.05) is 36.4 Å². The second-order valence-corrected chi connectivity index (χ2v) is 8.31. The van der Waals surface area contributed by atoms with Crippen molar-refractivity contribution in [1.82, 2.24) is 0 Å². The second-order valence-electron chi connectivity index (χ2n) is 6.32. The minimum Gasteiger partial charge on any atom is -0.484 e. The monoisotopic (exact) mass is 406 g/mol. The zero-order chi connectivity index (χ0) is 20.9. The lowest BCUT2D eigenvalue weighted by Crippen LogP contribution is -2.20. The smallest absolute Gasteiger partial charge is 0.262 e. The number of anilines is 1. The van der Waals surface area contributed by atoms with Gasteiger partial charge in [-0.3, -0.25) is 4.79 Å². The van der Waals surface area contributed by atoms with Crippen molar-refractivity contribution in [3.8, 4) is 22.9 Å². The lowest BCUT2D eigenvalue weighted by atomic mass is 10.1. The minimum atomic E-state index is -3.35. The van der Waals surface area contributed by atoms with E-state index in [4.69, 9.17) is 10.00 Å². The molecule has 0 spiro atoms. The molecule has 0 bridgehead atoms. The predicted octanol–water partition coefficient (Wildman–Crippen LogP) is 3.65. The van der Waals surface area contributed by atoms with Crippen molar-refractivity contribution in [1.29, 1.82) is 5.26 Å². The number of amides is 1. The standard InChI is InChI=1S/C22H18N2O4S/c1-29(26,27)21-8-3-2-7-20(21)17-9-11-19(12-10-17)28-15-22(25)24-18-6-4-5-16(13-18)14-23/h2-13H,15H2,1H3,(H,24,25). The zero-order valence-electron chi connectivity index (χ0n) is 15.6. The first-order valence-electron chi connectivity index (χ1n) is 8.69. The van der Waals surface area contributed by atoms with Gasteiger partial charge >= 0.3 is 0 Å². The second kappa shape index (κ2) is 8.59. The van der Waals surface area contributed by atoms with E-state index in [0.717, 1.165) is 5.56 Å². The van der Waals surface area contributed by atoms with Crippen LogP contribution >= 0.6 is 0 Å². The van der Waals surface area contributed by atoms with Crippen molar-refractivity contribution in [2.24, 2.45) is 0 Å². The fourth-order valence-electron chi connectivity index (χ4n) is 2.77. The van der Waals surface area contributed by atoms with Crippen LogP contribution in [0.15, 0.2) is 77.7 Å². The van der Waals surface area contributed by atoms with Crippen molar-refractivity contribution in [2.75, 3.05) is 18.2 Å². The van der Waals surface area contributed by atoms with Crippen molar-refractivity contribution in [3.63, 3.8) is 0 Å². The van der Waals surface area contributed by atoms with Gasteiger partial charge in [-0.25, -0.2) is 8.42 Å². The molecule has 146 valence electrons. The van der Waals surface area contributed by atoms with Crippen LogP contribution in [0.1, 0.15) is 5.56 Å². The Labute approximate surface area is 169 Å². The van der Waals surface area contributed by atoms with Gasteiger partial charge in [-0.05, 0) is 42.0 Å². The molecular weight excluding hydrogens is 388 g/mol. The van der Waals surface area contributed by atoms with Crippen molar-refractivity contribution in [3.05, 3.63) is 78.4 Å². The Balaban J connectivity index is 1.66. The fourth-order valence-corrected chi connectivity index (χ4v) is 3.68. The molecule has 3 aromatic rings. The van der Waals surface area contributed by atoms with Gasteiger partial charge in [0.15, 0.2) is 16.4 Å². The van der Waals surface area contributed by atoms with Crippen LogP contribution in [-0.2, 0) is 14.6 Å². The number of rotatable bonds is 6. The first kappa shape index (κ1) is 20.1. The van der Waals surface area contributed by atoms with Crippen molar-refractivity contribution in [2.45, 2.75) is 4.90 Å². The molecule has 29 heavy (non-hydrogen) atoms. The molecule has 0 aliphatic rings. The van der Waals surface area contributed by atoms with Crippen LogP contribution in [0.2, 0.25) is 0 Å². The maximum absolute atomic E-state index is 12.0. The van der Waals surface area contributed by atoms with E-state index in [1.54, 1.807) is 72.8 Å². The first-order chi connectivity index (χ1) is 13.9. The molecule has 0 aliphatic heterocycles. The molecular formula is C22H18N2O4S. The Kier molecular flexibility index (Phi) is 5.96. The maximum atomic E-state index is 12.0. The maximum Gasteiger partial charge on any atom is 0.262 e. The van der Waals surface area contributed by atoms with Crippen LogP contribution in [0.4, 0.5) is 5.69 Å². The Morgan fingerprint density at radius 3 is 2.45 bits per heavy atom. The summed E-state index contributed by atoms with van der Waals surface area (Å²) in [6, 6.07) is 22.2. The van der Waals surface area contributed by atoms with Crippen molar-refractivity contribution < 1.29 is 17.9 Å². The number of nitrogens with zero attached hydrogens (tertiary/aromatic N) is 1. The lowest BCUT2D eigenvalue weighted by molar-refractivity contribution is -0.118. The number of sulfone groups is 1. The van der Waals surface area contributed by atoms with E-state index >= 15 is 0 Å². The summed E-state index contributed by atoms with van der Waals surface area (Å²) in [7, 11) is -3.35. The topological polar surface area (TPSA) is 96.3 Å². The fraction of sp³-hybridized carbons (Fsp3) is 0.0909. The van der Waals surface area contributed by atoms with E-state index in [-0.39, 0.29) is 17.4 Å². The quantitative estimate of drug-likeness (QED) is 0.674. The van der Waals surface area contributed by atoms with Crippen LogP contribution in [0.5, 0.6) is 5.75 Å². The largest absolute Gasteiger partial charge is 0.484 e. The van der Waals surface area contributed by atoms with Gasteiger partial charge in [0, 0.05) is 17.5 Å². The molecule has 1 amide bonds. The molecule has 0 aromatic heterocycles. The molecule has 0 unspecified atom stereocenters. The van der Waals surface area contributed by atoms with Crippen LogP contribution < -0.4 is 10.1 Å². The highest BCUT2D eigenvalue weighted by atomic mass is 32.2. The molecule has 6 nitrogen and oxygen atoms in total. The molecule has 0 radical (unpaired) electrons. The van der Waals surface area contributed by atoms with Gasteiger partial charge in [0.25, 0.3) is 5.91 Å². The highest BCUT2D eigenvalue weighted by Crippen LogP contribution is 2.28. The summed E-state index contributed by atoms with van der Waals surface area (Å²) < 4.78 is 29.4. The zero-order valence-corrected chi connectivity index (χ0v) is 16.4. The van der Waals surface area contributed by atoms with Gasteiger partial charge in [-0.15, -0.1) is 0 Å². The van der Waals surface area contributed by atoms with Gasteiger partial charge in [0.1, 0.15) is 5.75 Å². The number of carbonyl (C=O) groups excluding carboxylic acids is 1. The number of nitriles is 1. The minimum absolute atomic E-state index is 0.198. The van der Waals surface area contributed by atoms with Crippen LogP contribution in [0.3, 0.4) is 0 Å². The van der Waals surface area contributed by atoms with Gasteiger partial charge in [-0.2, -0.15) is 5.26 Å². The first-order valence-corrected chi connectivity index (χ1v) is 10.6. The van der Waals surface area contributed by atoms with E-state index in [0.29, 0.717) is 22.6 Å². The number of hydrogen-bond donors (Lipinski definition) is 1. The molecule has 0 fully saturated rings. The highest BCUT2D eigenvalue weighted by Gasteiger charge is 2.14. The average Bonchev–Trinajstić information content (AvgIpc) is 2.72. The third kappa shape index (κ3) is 5.21. The molecule has 1 N–H and O–H groups in total. The summed E-state index contributed by atoms with van der Waals surface area (Å²) in [5, 5.41) is 11.6. The SMILES string of the molecule is CS(=O)(=O)c1ccccc1-c1ccc(OCC(=O)Nc2cccc(C#N)c2)cc1. The van der Waals surface area contributed by atoms with E-state index in [1.165, 1.54) is 6.26 Å². The van der Waals surface area contributed by atoms with E-state index in [2.05, 4.69) is 5.32 Å². The normalized spacial score (nSPS) is 10.8. The number of hydrogen-bond acceptors (Lipinski definition) is 5. The summed E-state index contributed by atoms with van der Waals surface area (Å²) in [4.78, 5) is 12.3. The number of benzene rings is 3. The Morgan fingerprint density at radius 2 is 1.76 bits per heavy atom. The molecule has 0 saturated carbocycles. The average molecular weight is 406 g/mol. The third-order valence-corrected chi connectivity index (χ3v) is 5.25. The van der Waals surface area contributed by atoms with Crippen LogP contribution in [0.25, 0.3) is 11.1 Å². The van der Waals surface area contributed by atoms with Crippen LogP contribution in [0, 0.1) is 11.3 Å². The highest BCUT2D eigenvalue weighted by molar-refractivity contribution is 7.90. The van der Waals surface area contributed by atoms with Gasteiger partial charge in [0.2, 0.25) is 0 Å². The Bertz CT molecular complexity index is 1180. The molecule has 7 heteroatoms. The summed E-state index contributed by atoms with van der Waals surface area (Å²) in [5.74, 6) is 0.123. The molecule has 3 rings (SSSR count). The lowest BCUT2D eigenvalue weighted by Gasteiger charge is -2.10. The van der Waals surface area contributed by atoms with Gasteiger partial charge < -0.3 is 10.1 Å². The van der Waals surface area contributed by atoms with E-state index in [1.807, 2.05) is 6.07 Å². The molecule has 3 aromatic carbocycles. The Hall–Kier alpha value is -3.63. The van der Waals surface area contributed by atoms with E-state index in [9.17, 15) is 13.2 Å². The summed E-state index contributed by atoms with van der Waals surface area (Å²) in [6.07, 6.45) is 1.17. The number of carbonyl (C=O) groups is 1. The molecule has 0 aliphatic carbocycles. The van der Waals surface area contributed by atoms with Gasteiger partial charge in [0.05, 0.1) is 16.5 Å². The number of ether oxygens (including phenoxy) is 1. The summed E-state index contributed by atoms with van der Waals surface area (Å²) in [6.45, 7) is -0.198. The predicted molar refractivity (Wildman–Crippen MR) is 110 cm³/mol. The number of nitrogens with one attached hydrogen (secondary N) is 1. The summed E-state index contributed by atoms with van der Waals surface area (Å²) >= 11 is 0. The Morgan fingerprint density at radius 1 is 1.03 bits per heavy atom. The van der Waals surface area contributed by atoms with E-state index < -0.39 is 9.84 Å². The molecule has 0 saturated heterocycles. The van der Waals surface area contributed by atoms with Crippen molar-refractivity contribution >= 4 is 21.4 Å².